The number of carboxylic acids is 1. The minimum Gasteiger partial charge on any atom is -0.480 e. The zero-order valence-corrected chi connectivity index (χ0v) is 18.1. The van der Waals surface area contributed by atoms with E-state index in [1.165, 1.54) is 4.90 Å². The molecule has 0 heterocycles. The number of carbonyl (C=O) groups is 3. The van der Waals surface area contributed by atoms with Crippen LogP contribution in [-0.4, -0.2) is 53.7 Å². The second-order valence-corrected chi connectivity index (χ2v) is 8.45. The number of nitrogens with one attached hydrogen (secondary N) is 1. The Hall–Kier alpha value is -3.35. The minimum atomic E-state index is -1.08. The maximum absolute atomic E-state index is 12.9. The van der Waals surface area contributed by atoms with Crippen molar-refractivity contribution in [2.45, 2.75) is 38.1 Å². The third-order valence-corrected chi connectivity index (χ3v) is 6.22. The summed E-state index contributed by atoms with van der Waals surface area (Å²) in [5.74, 6) is -1.15. The SMILES string of the molecule is CCN(CC(=O)O)C(=O)[C@H](CC1CC1)NC(=O)OCC1c2ccccc2-c2ccccc21. The number of ether oxygens (including phenoxy) is 1. The van der Waals surface area contributed by atoms with E-state index in [0.717, 1.165) is 35.1 Å². The van der Waals surface area contributed by atoms with Gasteiger partial charge in [0.1, 0.15) is 19.2 Å². The van der Waals surface area contributed by atoms with Gasteiger partial charge in [0.2, 0.25) is 5.91 Å². The Morgan fingerprint density at radius 2 is 1.66 bits per heavy atom. The fraction of sp³-hybridized carbons (Fsp3) is 0.400. The van der Waals surface area contributed by atoms with E-state index in [9.17, 15) is 14.4 Å². The van der Waals surface area contributed by atoms with Gasteiger partial charge >= 0.3 is 12.1 Å². The predicted octanol–water partition coefficient (Wildman–Crippen LogP) is 3.63. The number of amides is 2. The van der Waals surface area contributed by atoms with Crippen LogP contribution in [0.5, 0.6) is 0 Å². The topological polar surface area (TPSA) is 95.9 Å². The largest absolute Gasteiger partial charge is 0.480 e. The first-order valence-corrected chi connectivity index (χ1v) is 11.1. The number of likely N-dealkylation sites (N-methyl/N-ethyl adjacent to an activating group) is 1. The second-order valence-electron chi connectivity index (χ2n) is 8.45. The molecule has 2 aromatic carbocycles. The van der Waals surface area contributed by atoms with Gasteiger partial charge in [0.05, 0.1) is 0 Å². The van der Waals surface area contributed by atoms with Crippen LogP contribution in [0.3, 0.4) is 0 Å². The molecule has 0 radical (unpaired) electrons. The summed E-state index contributed by atoms with van der Waals surface area (Å²) in [5.41, 5.74) is 4.52. The average Bonchev–Trinajstić information content (AvgIpc) is 3.55. The average molecular weight is 437 g/mol. The molecule has 7 heteroatoms. The molecule has 2 N–H and O–H groups in total. The van der Waals surface area contributed by atoms with E-state index in [1.807, 2.05) is 36.4 Å². The summed E-state index contributed by atoms with van der Waals surface area (Å²) < 4.78 is 5.58. The van der Waals surface area contributed by atoms with E-state index in [4.69, 9.17) is 9.84 Å². The minimum absolute atomic E-state index is 0.0649. The first-order chi connectivity index (χ1) is 15.5. The van der Waals surface area contributed by atoms with Gasteiger partial charge in [-0.1, -0.05) is 61.4 Å². The Kier molecular flexibility index (Phi) is 6.44. The fourth-order valence-corrected chi connectivity index (χ4v) is 4.42. The quantitative estimate of drug-likeness (QED) is 0.626. The lowest BCUT2D eigenvalue weighted by molar-refractivity contribution is -0.145. The van der Waals surface area contributed by atoms with Crippen molar-refractivity contribution in [1.29, 1.82) is 0 Å². The highest BCUT2D eigenvalue weighted by molar-refractivity contribution is 5.88. The normalized spacial score (nSPS) is 15.4. The Morgan fingerprint density at radius 3 is 2.19 bits per heavy atom. The highest BCUT2D eigenvalue weighted by atomic mass is 16.5. The molecule has 168 valence electrons. The number of rotatable bonds is 9. The number of hydrogen-bond donors (Lipinski definition) is 2. The van der Waals surface area contributed by atoms with Crippen molar-refractivity contribution in [3.05, 3.63) is 59.7 Å². The third-order valence-electron chi connectivity index (χ3n) is 6.22. The molecule has 32 heavy (non-hydrogen) atoms. The lowest BCUT2D eigenvalue weighted by atomic mass is 9.98. The van der Waals surface area contributed by atoms with Gasteiger partial charge < -0.3 is 20.1 Å². The summed E-state index contributed by atoms with van der Waals surface area (Å²) in [7, 11) is 0. The van der Waals surface area contributed by atoms with E-state index in [1.54, 1.807) is 6.92 Å². The van der Waals surface area contributed by atoms with Crippen LogP contribution in [0.15, 0.2) is 48.5 Å². The summed E-state index contributed by atoms with van der Waals surface area (Å²) >= 11 is 0. The van der Waals surface area contributed by atoms with Crippen LogP contribution in [0.2, 0.25) is 0 Å². The highest BCUT2D eigenvalue weighted by Gasteiger charge is 2.34. The van der Waals surface area contributed by atoms with Crippen LogP contribution < -0.4 is 5.32 Å². The first kappa shape index (κ1) is 21.9. The van der Waals surface area contributed by atoms with Gasteiger partial charge in [0, 0.05) is 12.5 Å². The number of alkyl carbamates (subject to hydrolysis) is 1. The third kappa shape index (κ3) is 4.77. The molecule has 0 saturated heterocycles. The van der Waals surface area contributed by atoms with Gasteiger partial charge in [-0.2, -0.15) is 0 Å². The molecule has 1 saturated carbocycles. The number of fused-ring (bicyclic) bond motifs is 3. The first-order valence-electron chi connectivity index (χ1n) is 11.1. The molecular weight excluding hydrogens is 408 g/mol. The summed E-state index contributed by atoms with van der Waals surface area (Å²) in [6.45, 7) is 1.76. The van der Waals surface area contributed by atoms with Crippen LogP contribution in [0, 0.1) is 5.92 Å². The maximum Gasteiger partial charge on any atom is 0.407 e. The zero-order chi connectivity index (χ0) is 22.7. The summed E-state index contributed by atoms with van der Waals surface area (Å²) in [6.07, 6.45) is 1.87. The molecular formula is C25H28N2O5. The Labute approximate surface area is 187 Å². The van der Waals surface area contributed by atoms with Crippen LogP contribution in [0.25, 0.3) is 11.1 Å². The van der Waals surface area contributed by atoms with Crippen molar-refractivity contribution < 1.29 is 24.2 Å². The van der Waals surface area contributed by atoms with Crippen molar-refractivity contribution in [3.63, 3.8) is 0 Å². The van der Waals surface area contributed by atoms with E-state index >= 15 is 0 Å². The van der Waals surface area contributed by atoms with Crippen molar-refractivity contribution in [3.8, 4) is 11.1 Å². The molecule has 2 amide bonds. The van der Waals surface area contributed by atoms with Crippen LogP contribution in [0.4, 0.5) is 4.79 Å². The van der Waals surface area contributed by atoms with Gasteiger partial charge in [0.25, 0.3) is 0 Å². The smallest absolute Gasteiger partial charge is 0.407 e. The van der Waals surface area contributed by atoms with Crippen molar-refractivity contribution >= 4 is 18.0 Å². The summed E-state index contributed by atoms with van der Waals surface area (Å²) in [4.78, 5) is 37.9. The van der Waals surface area contributed by atoms with E-state index in [0.29, 0.717) is 12.3 Å². The highest BCUT2D eigenvalue weighted by Crippen LogP contribution is 2.44. The Bertz CT molecular complexity index is 971. The fourth-order valence-electron chi connectivity index (χ4n) is 4.42. The number of carbonyl (C=O) groups excluding carboxylic acids is 2. The molecule has 0 aliphatic heterocycles. The van der Waals surface area contributed by atoms with E-state index in [2.05, 4.69) is 17.4 Å². The van der Waals surface area contributed by atoms with Gasteiger partial charge in [0.15, 0.2) is 0 Å². The van der Waals surface area contributed by atoms with Crippen LogP contribution in [0.1, 0.15) is 43.2 Å². The van der Waals surface area contributed by atoms with Crippen molar-refractivity contribution in [2.75, 3.05) is 19.7 Å². The molecule has 0 bridgehead atoms. The van der Waals surface area contributed by atoms with Gasteiger partial charge in [-0.25, -0.2) is 4.79 Å². The molecule has 0 unspecified atom stereocenters. The molecule has 0 spiro atoms. The van der Waals surface area contributed by atoms with Gasteiger partial charge in [-0.15, -0.1) is 0 Å². The Morgan fingerprint density at radius 1 is 1.06 bits per heavy atom. The molecule has 1 atom stereocenters. The van der Waals surface area contributed by atoms with E-state index < -0.39 is 18.1 Å². The zero-order valence-electron chi connectivity index (χ0n) is 18.1. The lowest BCUT2D eigenvalue weighted by Crippen LogP contribution is -2.50. The number of nitrogens with zero attached hydrogens (tertiary/aromatic N) is 1. The predicted molar refractivity (Wildman–Crippen MR) is 119 cm³/mol. The van der Waals surface area contributed by atoms with E-state index in [-0.39, 0.29) is 31.5 Å². The summed E-state index contributed by atoms with van der Waals surface area (Å²) in [6, 6.07) is 15.4. The molecule has 2 aromatic rings. The van der Waals surface area contributed by atoms with Crippen LogP contribution >= 0.6 is 0 Å². The van der Waals surface area contributed by atoms with Gasteiger partial charge in [-0.3, -0.25) is 9.59 Å². The number of hydrogen-bond acceptors (Lipinski definition) is 4. The molecule has 1 fully saturated rings. The second kappa shape index (κ2) is 9.42. The Balaban J connectivity index is 1.43. The molecule has 0 aromatic heterocycles. The molecule has 2 aliphatic carbocycles. The van der Waals surface area contributed by atoms with Crippen molar-refractivity contribution in [1.82, 2.24) is 10.2 Å². The van der Waals surface area contributed by atoms with Crippen LogP contribution in [-0.2, 0) is 14.3 Å². The lowest BCUT2D eigenvalue weighted by Gasteiger charge is -2.25. The molecule has 4 rings (SSSR count). The number of benzene rings is 2. The number of carboxylic acid groups (broad SMARTS) is 1. The molecule has 2 aliphatic rings. The monoisotopic (exact) mass is 436 g/mol. The molecule has 7 nitrogen and oxygen atoms in total. The number of aliphatic carboxylic acids is 1. The standard InChI is InChI=1S/C25H28N2O5/c1-2-27(14-23(28)29)24(30)22(13-16-11-12-16)26-25(31)32-15-21-19-9-5-3-7-17(19)18-8-4-6-10-20(18)21/h3-10,16,21-22H,2,11-15H2,1H3,(H,26,31)(H,28,29)/t22-/m0/s1. The van der Waals surface area contributed by atoms with Gasteiger partial charge in [-0.05, 0) is 41.5 Å². The summed E-state index contributed by atoms with van der Waals surface area (Å²) in [5, 5.41) is 11.8. The van der Waals surface area contributed by atoms with Crippen molar-refractivity contribution in [2.24, 2.45) is 5.92 Å². The maximum atomic E-state index is 12.9.